The Hall–Kier alpha value is -0.990. The molecule has 1 aliphatic carbocycles. The molecule has 2 saturated heterocycles. The lowest BCUT2D eigenvalue weighted by Crippen LogP contribution is -2.41. The highest BCUT2D eigenvalue weighted by Gasteiger charge is 2.38. The van der Waals surface area contributed by atoms with Crippen LogP contribution in [0.25, 0.3) is 0 Å². The molecule has 116 valence electrons. The third kappa shape index (κ3) is 2.49. The van der Waals surface area contributed by atoms with Gasteiger partial charge in [-0.05, 0) is 32.1 Å². The highest BCUT2D eigenvalue weighted by Crippen LogP contribution is 2.39. The second kappa shape index (κ2) is 5.03. The van der Waals surface area contributed by atoms with Crippen LogP contribution < -0.4 is 0 Å². The Balaban J connectivity index is 1.46. The van der Waals surface area contributed by atoms with Crippen molar-refractivity contribution in [3.8, 4) is 0 Å². The fourth-order valence-electron chi connectivity index (χ4n) is 3.25. The van der Waals surface area contributed by atoms with Crippen LogP contribution in [0, 0.1) is 0 Å². The summed E-state index contributed by atoms with van der Waals surface area (Å²) in [5, 5.41) is 8.43. The molecule has 0 amide bonds. The molecule has 0 N–H and O–H groups in total. The van der Waals surface area contributed by atoms with Crippen LogP contribution in [0.1, 0.15) is 49.8 Å². The predicted octanol–water partition coefficient (Wildman–Crippen LogP) is 0.743. The third-order valence-corrected chi connectivity index (χ3v) is 6.74. The Morgan fingerprint density at radius 1 is 1.05 bits per heavy atom. The van der Waals surface area contributed by atoms with Gasteiger partial charge in [0.05, 0.1) is 11.7 Å². The van der Waals surface area contributed by atoms with Gasteiger partial charge in [0.25, 0.3) is 10.2 Å². The highest BCUT2D eigenvalue weighted by atomic mass is 32.2. The number of rotatable bonds is 4. The SMILES string of the molecule is O=S(=O)(N1CCCC1)N1CCC(n2cc(C3CC3)nn2)C1. The number of aromatic nitrogens is 3. The molecular formula is C13H21N5O2S. The van der Waals surface area contributed by atoms with Crippen molar-refractivity contribution in [2.24, 2.45) is 0 Å². The first-order chi connectivity index (χ1) is 10.1. The fourth-order valence-corrected chi connectivity index (χ4v) is 5.00. The van der Waals surface area contributed by atoms with Crippen molar-refractivity contribution in [3.63, 3.8) is 0 Å². The van der Waals surface area contributed by atoms with Gasteiger partial charge in [0.15, 0.2) is 0 Å². The normalized spacial score (nSPS) is 28.5. The van der Waals surface area contributed by atoms with Gasteiger partial charge in [0, 0.05) is 38.3 Å². The maximum absolute atomic E-state index is 12.5. The average molecular weight is 311 g/mol. The number of hydrogen-bond donors (Lipinski definition) is 0. The second-order valence-corrected chi connectivity index (χ2v) is 8.24. The van der Waals surface area contributed by atoms with E-state index in [1.54, 1.807) is 8.61 Å². The Morgan fingerprint density at radius 2 is 1.81 bits per heavy atom. The molecule has 2 aliphatic heterocycles. The van der Waals surface area contributed by atoms with Gasteiger partial charge in [0.2, 0.25) is 0 Å². The predicted molar refractivity (Wildman–Crippen MR) is 77.0 cm³/mol. The average Bonchev–Trinajstić information content (AvgIpc) is 2.99. The van der Waals surface area contributed by atoms with Crippen LogP contribution in [0.15, 0.2) is 6.20 Å². The van der Waals surface area contributed by atoms with E-state index < -0.39 is 10.2 Å². The summed E-state index contributed by atoms with van der Waals surface area (Å²) in [6, 6.07) is 0.127. The van der Waals surface area contributed by atoms with Crippen LogP contribution in [0.4, 0.5) is 0 Å². The molecule has 3 heterocycles. The first-order valence-electron chi connectivity index (χ1n) is 7.81. The standard InChI is InChI=1S/C13H21N5O2S/c19-21(20,16-6-1-2-7-16)17-8-5-12(9-17)18-10-13(14-15-18)11-3-4-11/h10-12H,1-9H2. The molecule has 1 aromatic rings. The lowest BCUT2D eigenvalue weighted by molar-refractivity contribution is 0.381. The van der Waals surface area contributed by atoms with Gasteiger partial charge in [-0.3, -0.25) is 0 Å². The Morgan fingerprint density at radius 3 is 2.52 bits per heavy atom. The lowest BCUT2D eigenvalue weighted by atomic mass is 10.2. The zero-order chi connectivity index (χ0) is 14.4. The van der Waals surface area contributed by atoms with Gasteiger partial charge in [-0.1, -0.05) is 5.21 Å². The van der Waals surface area contributed by atoms with Crippen LogP contribution in [-0.4, -0.2) is 58.2 Å². The van der Waals surface area contributed by atoms with E-state index in [0.29, 0.717) is 32.1 Å². The molecular weight excluding hydrogens is 290 g/mol. The van der Waals surface area contributed by atoms with Crippen LogP contribution in [0.5, 0.6) is 0 Å². The first-order valence-corrected chi connectivity index (χ1v) is 9.21. The molecule has 0 spiro atoms. The number of hydrogen-bond acceptors (Lipinski definition) is 4. The summed E-state index contributed by atoms with van der Waals surface area (Å²) in [4.78, 5) is 0. The van der Waals surface area contributed by atoms with Crippen molar-refractivity contribution in [3.05, 3.63) is 11.9 Å². The zero-order valence-corrected chi connectivity index (χ0v) is 12.9. The van der Waals surface area contributed by atoms with Gasteiger partial charge in [-0.15, -0.1) is 5.10 Å². The molecule has 0 aromatic carbocycles. The molecule has 3 fully saturated rings. The zero-order valence-electron chi connectivity index (χ0n) is 12.1. The first kappa shape index (κ1) is 13.7. The van der Waals surface area contributed by atoms with Crippen molar-refractivity contribution in [2.45, 2.75) is 44.1 Å². The van der Waals surface area contributed by atoms with Crippen LogP contribution >= 0.6 is 0 Å². The van der Waals surface area contributed by atoms with Gasteiger partial charge < -0.3 is 0 Å². The van der Waals surface area contributed by atoms with Gasteiger partial charge in [-0.25, -0.2) is 4.68 Å². The minimum atomic E-state index is -3.27. The molecule has 4 rings (SSSR count). The largest absolute Gasteiger partial charge is 0.282 e. The van der Waals surface area contributed by atoms with E-state index in [2.05, 4.69) is 10.3 Å². The van der Waals surface area contributed by atoms with Crippen LogP contribution in [0.2, 0.25) is 0 Å². The fraction of sp³-hybridized carbons (Fsp3) is 0.846. The lowest BCUT2D eigenvalue weighted by Gasteiger charge is -2.23. The van der Waals surface area contributed by atoms with E-state index in [4.69, 9.17) is 0 Å². The maximum Gasteiger partial charge on any atom is 0.282 e. The van der Waals surface area contributed by atoms with E-state index in [-0.39, 0.29) is 6.04 Å². The van der Waals surface area contributed by atoms with Crippen molar-refractivity contribution >= 4 is 10.2 Å². The molecule has 1 aromatic heterocycles. The smallest absolute Gasteiger partial charge is 0.248 e. The molecule has 7 nitrogen and oxygen atoms in total. The molecule has 3 aliphatic rings. The molecule has 8 heteroatoms. The van der Waals surface area contributed by atoms with Crippen molar-refractivity contribution in [2.75, 3.05) is 26.2 Å². The molecule has 1 saturated carbocycles. The van der Waals surface area contributed by atoms with E-state index in [1.165, 1.54) is 12.8 Å². The quantitative estimate of drug-likeness (QED) is 0.822. The monoisotopic (exact) mass is 311 g/mol. The third-order valence-electron chi connectivity index (χ3n) is 4.74. The topological polar surface area (TPSA) is 71.3 Å². The minimum absolute atomic E-state index is 0.127. The van der Waals surface area contributed by atoms with Crippen molar-refractivity contribution in [1.82, 2.24) is 23.6 Å². The van der Waals surface area contributed by atoms with E-state index in [9.17, 15) is 8.42 Å². The summed E-state index contributed by atoms with van der Waals surface area (Å²) in [6.45, 7) is 2.44. The van der Waals surface area contributed by atoms with Gasteiger partial charge >= 0.3 is 0 Å². The highest BCUT2D eigenvalue weighted by molar-refractivity contribution is 7.86. The van der Waals surface area contributed by atoms with E-state index in [1.807, 2.05) is 10.9 Å². The summed E-state index contributed by atoms with van der Waals surface area (Å²) in [7, 11) is -3.27. The summed E-state index contributed by atoms with van der Waals surface area (Å²) in [5.74, 6) is 0.588. The minimum Gasteiger partial charge on any atom is -0.248 e. The summed E-state index contributed by atoms with van der Waals surface area (Å²) < 4.78 is 30.2. The molecule has 0 radical (unpaired) electrons. The van der Waals surface area contributed by atoms with E-state index >= 15 is 0 Å². The molecule has 1 atom stereocenters. The summed E-state index contributed by atoms with van der Waals surface area (Å²) in [6.07, 6.45) is 7.20. The van der Waals surface area contributed by atoms with Crippen LogP contribution in [-0.2, 0) is 10.2 Å². The van der Waals surface area contributed by atoms with Crippen molar-refractivity contribution < 1.29 is 8.42 Å². The van der Waals surface area contributed by atoms with E-state index in [0.717, 1.165) is 25.0 Å². The Labute approximate surface area is 125 Å². The molecule has 21 heavy (non-hydrogen) atoms. The van der Waals surface area contributed by atoms with Crippen molar-refractivity contribution in [1.29, 1.82) is 0 Å². The number of nitrogens with zero attached hydrogens (tertiary/aromatic N) is 5. The Kier molecular flexibility index (Phi) is 3.27. The van der Waals surface area contributed by atoms with Gasteiger partial charge in [0.1, 0.15) is 0 Å². The van der Waals surface area contributed by atoms with Gasteiger partial charge in [-0.2, -0.15) is 17.0 Å². The maximum atomic E-state index is 12.5. The summed E-state index contributed by atoms with van der Waals surface area (Å²) in [5.41, 5.74) is 1.07. The van der Waals surface area contributed by atoms with Crippen LogP contribution in [0.3, 0.4) is 0 Å². The molecule has 0 bridgehead atoms. The summed E-state index contributed by atoms with van der Waals surface area (Å²) >= 11 is 0. The second-order valence-electron chi connectivity index (χ2n) is 6.31. The molecule has 1 unspecified atom stereocenters. The Bertz CT molecular complexity index is 618.